The van der Waals surface area contributed by atoms with Gasteiger partial charge in [-0.15, -0.1) is 0 Å². The maximum Gasteiger partial charge on any atom is 0.220 e. The molecule has 1 saturated heterocycles. The van der Waals surface area contributed by atoms with Gasteiger partial charge in [0.25, 0.3) is 0 Å². The Labute approximate surface area is 433 Å². The highest BCUT2D eigenvalue weighted by Gasteiger charge is 2.44. The normalized spacial score (nSPS) is 19.3. The maximum absolute atomic E-state index is 13.1. The van der Waals surface area contributed by atoms with Crippen molar-refractivity contribution >= 4 is 5.91 Å². The Bertz CT molecular complexity index is 1110. The largest absolute Gasteiger partial charge is 0.394 e. The highest BCUT2D eigenvalue weighted by atomic mass is 16.7. The Morgan fingerprint density at radius 3 is 1.11 bits per heavy atom. The fraction of sp³-hybridized carbons (Fsp3) is 0.951. The van der Waals surface area contributed by atoms with Gasteiger partial charge in [-0.1, -0.05) is 302 Å². The number of allylic oxidation sites excluding steroid dienone is 1. The van der Waals surface area contributed by atoms with E-state index in [4.69, 9.17) is 9.47 Å². The van der Waals surface area contributed by atoms with E-state index in [9.17, 15) is 30.3 Å². The number of hydrogen-bond donors (Lipinski definition) is 6. The molecule has 9 heteroatoms. The Kier molecular flexibility index (Phi) is 49.2. The number of ether oxygens (including phenoxy) is 2. The zero-order valence-electron chi connectivity index (χ0n) is 46.3. The van der Waals surface area contributed by atoms with Crippen LogP contribution in [-0.2, 0) is 14.3 Å². The van der Waals surface area contributed by atoms with E-state index < -0.39 is 49.5 Å². The van der Waals surface area contributed by atoms with Crippen LogP contribution in [0.15, 0.2) is 12.2 Å². The molecular weight excluding hydrogens is 875 g/mol. The zero-order chi connectivity index (χ0) is 50.8. The Balaban J connectivity index is 2.13. The van der Waals surface area contributed by atoms with Crippen LogP contribution in [0.25, 0.3) is 0 Å². The van der Waals surface area contributed by atoms with Crippen molar-refractivity contribution in [2.45, 2.75) is 358 Å². The number of unbranched alkanes of at least 4 members (excludes halogenated alkanes) is 44. The summed E-state index contributed by atoms with van der Waals surface area (Å²) in [5.41, 5.74) is 0. The molecule has 0 saturated carbocycles. The smallest absolute Gasteiger partial charge is 0.220 e. The number of hydrogen-bond acceptors (Lipinski definition) is 8. The van der Waals surface area contributed by atoms with Gasteiger partial charge >= 0.3 is 0 Å². The third kappa shape index (κ3) is 40.3. The van der Waals surface area contributed by atoms with Crippen LogP contribution < -0.4 is 5.32 Å². The van der Waals surface area contributed by atoms with E-state index in [1.165, 1.54) is 257 Å². The minimum atomic E-state index is -1.56. The lowest BCUT2D eigenvalue weighted by atomic mass is 9.99. The molecule has 1 fully saturated rings. The molecule has 7 atom stereocenters. The predicted octanol–water partition coefficient (Wildman–Crippen LogP) is 15.6. The lowest BCUT2D eigenvalue weighted by molar-refractivity contribution is -0.302. The monoisotopic (exact) mass is 994 g/mol. The van der Waals surface area contributed by atoms with Crippen molar-refractivity contribution in [1.82, 2.24) is 5.32 Å². The van der Waals surface area contributed by atoms with Gasteiger partial charge in [-0.2, -0.15) is 0 Å². The average Bonchev–Trinajstić information content (AvgIpc) is 3.36. The van der Waals surface area contributed by atoms with Crippen LogP contribution in [-0.4, -0.2) is 87.5 Å². The van der Waals surface area contributed by atoms with Crippen LogP contribution in [0.4, 0.5) is 0 Å². The van der Waals surface area contributed by atoms with Crippen molar-refractivity contribution in [3.63, 3.8) is 0 Å². The van der Waals surface area contributed by atoms with E-state index in [0.29, 0.717) is 6.42 Å². The van der Waals surface area contributed by atoms with Crippen LogP contribution in [0.2, 0.25) is 0 Å². The maximum atomic E-state index is 13.1. The quantitative estimate of drug-likeness (QED) is 0.0261. The minimum absolute atomic E-state index is 0.169. The van der Waals surface area contributed by atoms with Crippen LogP contribution in [0.1, 0.15) is 316 Å². The van der Waals surface area contributed by atoms with Crippen molar-refractivity contribution in [1.29, 1.82) is 0 Å². The SMILES string of the molecule is CCCCCCCCCCCCCCCCC/C=C/[C@@H](O)[C@H](CO[C@@H]1O[C@H](CO)[C@@H](O)C(O)C1O)NC(=O)CCCCCCCCCCCCCCCCCCCCCCCCCCCCCCCC. The fourth-order valence-electron chi connectivity index (χ4n) is 10.2. The van der Waals surface area contributed by atoms with Crippen LogP contribution in [0.3, 0.4) is 0 Å². The van der Waals surface area contributed by atoms with Crippen LogP contribution in [0.5, 0.6) is 0 Å². The second kappa shape index (κ2) is 51.4. The van der Waals surface area contributed by atoms with Crippen LogP contribution >= 0.6 is 0 Å². The van der Waals surface area contributed by atoms with Gasteiger partial charge in [0.1, 0.15) is 24.4 Å². The van der Waals surface area contributed by atoms with Gasteiger partial charge in [0, 0.05) is 6.42 Å². The van der Waals surface area contributed by atoms with Gasteiger partial charge in [-0.25, -0.2) is 0 Å². The summed E-state index contributed by atoms with van der Waals surface area (Å²) in [5, 5.41) is 54.5. The molecular formula is C61H119NO8. The highest BCUT2D eigenvalue weighted by Crippen LogP contribution is 2.23. The van der Waals surface area contributed by atoms with E-state index in [1.54, 1.807) is 6.08 Å². The molecule has 0 aromatic carbocycles. The number of rotatable bonds is 54. The van der Waals surface area contributed by atoms with Crippen molar-refractivity contribution in [2.75, 3.05) is 13.2 Å². The number of aliphatic hydroxyl groups excluding tert-OH is 5. The molecule has 0 aromatic heterocycles. The molecule has 9 nitrogen and oxygen atoms in total. The van der Waals surface area contributed by atoms with Gasteiger partial charge < -0.3 is 40.3 Å². The van der Waals surface area contributed by atoms with Gasteiger partial charge in [0.15, 0.2) is 6.29 Å². The summed E-state index contributed by atoms with van der Waals surface area (Å²) in [6.07, 6.45) is 57.3. The highest BCUT2D eigenvalue weighted by molar-refractivity contribution is 5.76. The van der Waals surface area contributed by atoms with E-state index in [0.717, 1.165) is 38.5 Å². The first kappa shape index (κ1) is 66.9. The summed E-state index contributed by atoms with van der Waals surface area (Å²) in [6.45, 7) is 3.82. The van der Waals surface area contributed by atoms with Gasteiger partial charge in [0.05, 0.1) is 25.4 Å². The molecule has 1 aliphatic rings. The third-order valence-electron chi connectivity index (χ3n) is 15.1. The number of amides is 1. The number of carbonyl (C=O) groups is 1. The summed E-state index contributed by atoms with van der Waals surface area (Å²) in [6, 6.07) is -0.800. The van der Waals surface area contributed by atoms with E-state index >= 15 is 0 Å². The number of nitrogens with one attached hydrogen (secondary N) is 1. The molecule has 1 heterocycles. The molecule has 2 unspecified atom stereocenters. The van der Waals surface area contributed by atoms with Crippen molar-refractivity contribution in [2.24, 2.45) is 0 Å². The Hall–Kier alpha value is -1.07. The van der Waals surface area contributed by atoms with Crippen LogP contribution in [0, 0.1) is 0 Å². The number of carbonyl (C=O) groups excluding carboxylic acids is 1. The molecule has 0 aliphatic carbocycles. The molecule has 70 heavy (non-hydrogen) atoms. The van der Waals surface area contributed by atoms with E-state index in [2.05, 4.69) is 19.2 Å². The Morgan fingerprint density at radius 1 is 0.471 bits per heavy atom. The third-order valence-corrected chi connectivity index (χ3v) is 15.1. The van der Waals surface area contributed by atoms with Crippen molar-refractivity contribution in [3.8, 4) is 0 Å². The fourth-order valence-corrected chi connectivity index (χ4v) is 10.2. The molecule has 0 radical (unpaired) electrons. The average molecular weight is 995 g/mol. The van der Waals surface area contributed by atoms with E-state index in [-0.39, 0.29) is 12.5 Å². The lowest BCUT2D eigenvalue weighted by Gasteiger charge is -2.40. The van der Waals surface area contributed by atoms with Crippen molar-refractivity contribution in [3.05, 3.63) is 12.2 Å². The summed E-state index contributed by atoms with van der Waals surface area (Å²) < 4.78 is 11.3. The molecule has 1 amide bonds. The van der Waals surface area contributed by atoms with Gasteiger partial charge in [0.2, 0.25) is 5.91 Å². The minimum Gasteiger partial charge on any atom is -0.394 e. The Morgan fingerprint density at radius 2 is 0.786 bits per heavy atom. The zero-order valence-corrected chi connectivity index (χ0v) is 46.3. The summed E-state index contributed by atoms with van der Waals surface area (Å²) in [7, 11) is 0. The molecule has 1 aliphatic heterocycles. The molecule has 1 rings (SSSR count). The standard InChI is InChI=1S/C61H119NO8/c1-3-5-7-9-11-13-15-17-19-21-22-23-24-25-26-27-28-29-30-31-32-33-35-37-39-41-43-45-47-49-51-57(65)62-54(53-69-61-60(68)59(67)58(66)56(52-63)70-61)55(64)50-48-46-44-42-40-38-36-34-20-18-16-14-12-10-8-6-4-2/h48,50,54-56,58-61,63-64,66-68H,3-47,49,51-53H2,1-2H3,(H,62,65)/b50-48+/t54-,55+,56+,58+,59?,60?,61+/m0/s1. The first-order chi connectivity index (χ1) is 34.3. The first-order valence-electron chi connectivity index (χ1n) is 30.9. The summed E-state index contributed by atoms with van der Waals surface area (Å²) >= 11 is 0. The molecule has 6 N–H and O–H groups in total. The topological polar surface area (TPSA) is 149 Å². The van der Waals surface area contributed by atoms with Crippen molar-refractivity contribution < 1.29 is 39.8 Å². The summed E-state index contributed by atoms with van der Waals surface area (Å²) in [4.78, 5) is 13.1. The molecule has 0 aromatic rings. The number of aliphatic hydroxyl groups is 5. The lowest BCUT2D eigenvalue weighted by Crippen LogP contribution is -2.60. The first-order valence-corrected chi connectivity index (χ1v) is 30.9. The predicted molar refractivity (Wildman–Crippen MR) is 295 cm³/mol. The van der Waals surface area contributed by atoms with Gasteiger partial charge in [-0.05, 0) is 19.3 Å². The molecule has 416 valence electrons. The second-order valence-corrected chi connectivity index (χ2v) is 21.9. The second-order valence-electron chi connectivity index (χ2n) is 21.9. The summed E-state index contributed by atoms with van der Waals surface area (Å²) in [5.74, 6) is -0.169. The molecule has 0 bridgehead atoms. The molecule has 0 spiro atoms. The van der Waals surface area contributed by atoms with E-state index in [1.807, 2.05) is 6.08 Å². The van der Waals surface area contributed by atoms with Gasteiger partial charge in [-0.3, -0.25) is 4.79 Å².